The molecule has 2 fully saturated rings. The molecule has 1 aliphatic heterocycles. The Hall–Kier alpha value is -1.16. The van der Waals surface area contributed by atoms with Crippen LogP contribution in [0.4, 0.5) is 10.1 Å². The van der Waals surface area contributed by atoms with Crippen molar-refractivity contribution in [1.29, 1.82) is 0 Å². The predicted molar refractivity (Wildman–Crippen MR) is 84.6 cm³/mol. The first-order valence-corrected chi connectivity index (χ1v) is 7.85. The summed E-state index contributed by atoms with van der Waals surface area (Å²) in [6.07, 6.45) is 7.87. The van der Waals surface area contributed by atoms with Crippen LogP contribution < -0.4 is 10.6 Å². The Kier molecular flexibility index (Phi) is 3.67. The van der Waals surface area contributed by atoms with Gasteiger partial charge in [0.1, 0.15) is 10.8 Å². The number of rotatable bonds is 2. The van der Waals surface area contributed by atoms with Gasteiger partial charge in [0.2, 0.25) is 0 Å². The second-order valence-electron chi connectivity index (χ2n) is 6.22. The molecule has 4 heteroatoms. The molecule has 3 rings (SSSR count). The van der Waals surface area contributed by atoms with Crippen molar-refractivity contribution in [3.05, 3.63) is 29.6 Å². The van der Waals surface area contributed by atoms with Crippen molar-refractivity contribution in [2.75, 3.05) is 18.0 Å². The molecule has 0 aromatic heterocycles. The van der Waals surface area contributed by atoms with E-state index in [2.05, 4.69) is 4.90 Å². The van der Waals surface area contributed by atoms with E-state index in [-0.39, 0.29) is 10.8 Å². The maximum Gasteiger partial charge on any atom is 0.147 e. The van der Waals surface area contributed by atoms with Crippen molar-refractivity contribution in [2.45, 2.75) is 38.5 Å². The molecule has 1 saturated carbocycles. The summed E-state index contributed by atoms with van der Waals surface area (Å²) >= 11 is 4.89. The van der Waals surface area contributed by atoms with Gasteiger partial charge in [-0.3, -0.25) is 0 Å². The molecule has 1 aromatic carbocycles. The molecule has 108 valence electrons. The quantitative estimate of drug-likeness (QED) is 0.844. The van der Waals surface area contributed by atoms with E-state index in [0.717, 1.165) is 13.1 Å². The maximum absolute atomic E-state index is 14.2. The molecular formula is C16H21FN2S. The number of hydrogen-bond donors (Lipinski definition) is 1. The fraction of sp³-hybridized carbons (Fsp3) is 0.562. The van der Waals surface area contributed by atoms with E-state index in [1.807, 2.05) is 12.1 Å². The zero-order valence-corrected chi connectivity index (χ0v) is 12.5. The Balaban J connectivity index is 1.73. The van der Waals surface area contributed by atoms with Gasteiger partial charge in [0, 0.05) is 18.7 Å². The molecule has 2 aliphatic rings. The van der Waals surface area contributed by atoms with Crippen molar-refractivity contribution in [3.63, 3.8) is 0 Å². The summed E-state index contributed by atoms with van der Waals surface area (Å²) in [6.45, 7) is 1.92. The smallest absolute Gasteiger partial charge is 0.147 e. The Bertz CT molecular complexity index is 513. The number of thiocarbonyl (C=S) groups is 1. The molecule has 0 radical (unpaired) electrons. The molecule has 2 N–H and O–H groups in total. The molecule has 1 heterocycles. The lowest BCUT2D eigenvalue weighted by Gasteiger charge is -2.40. The highest BCUT2D eigenvalue weighted by Crippen LogP contribution is 2.46. The van der Waals surface area contributed by atoms with Gasteiger partial charge in [0.15, 0.2) is 0 Å². The van der Waals surface area contributed by atoms with Crippen LogP contribution in [0.1, 0.15) is 44.1 Å². The van der Waals surface area contributed by atoms with Gasteiger partial charge >= 0.3 is 0 Å². The Morgan fingerprint density at radius 3 is 2.35 bits per heavy atom. The van der Waals surface area contributed by atoms with E-state index in [1.54, 1.807) is 0 Å². The van der Waals surface area contributed by atoms with E-state index in [9.17, 15) is 4.39 Å². The van der Waals surface area contributed by atoms with Gasteiger partial charge in [0.05, 0.1) is 5.69 Å². The number of benzene rings is 1. The van der Waals surface area contributed by atoms with Gasteiger partial charge in [-0.2, -0.15) is 0 Å². The third-order valence-electron chi connectivity index (χ3n) is 5.06. The lowest BCUT2D eigenvalue weighted by molar-refractivity contribution is 0.226. The molecule has 1 spiro atoms. The van der Waals surface area contributed by atoms with Crippen molar-refractivity contribution >= 4 is 22.9 Å². The first kappa shape index (κ1) is 13.8. The highest BCUT2D eigenvalue weighted by Gasteiger charge is 2.37. The number of piperidine rings is 1. The van der Waals surface area contributed by atoms with Crippen molar-refractivity contribution in [2.24, 2.45) is 11.1 Å². The third-order valence-corrected chi connectivity index (χ3v) is 5.30. The van der Waals surface area contributed by atoms with Crippen LogP contribution in [0.5, 0.6) is 0 Å². The van der Waals surface area contributed by atoms with E-state index in [0.29, 0.717) is 16.7 Å². The largest absolute Gasteiger partial charge is 0.389 e. The summed E-state index contributed by atoms with van der Waals surface area (Å²) in [4.78, 5) is 2.42. The molecule has 1 saturated heterocycles. The minimum absolute atomic E-state index is 0.210. The summed E-state index contributed by atoms with van der Waals surface area (Å²) in [5.41, 5.74) is 7.40. The van der Waals surface area contributed by atoms with E-state index < -0.39 is 0 Å². The Morgan fingerprint density at radius 1 is 1.15 bits per heavy atom. The van der Waals surface area contributed by atoms with Crippen LogP contribution in [0.3, 0.4) is 0 Å². The maximum atomic E-state index is 14.2. The van der Waals surface area contributed by atoms with Crippen LogP contribution in [-0.2, 0) is 0 Å². The highest BCUT2D eigenvalue weighted by molar-refractivity contribution is 7.80. The average Bonchev–Trinajstić information content (AvgIpc) is 2.88. The van der Waals surface area contributed by atoms with Gasteiger partial charge in [-0.05, 0) is 49.3 Å². The monoisotopic (exact) mass is 292 g/mol. The van der Waals surface area contributed by atoms with E-state index in [1.165, 1.54) is 44.6 Å². The molecule has 0 atom stereocenters. The standard InChI is InChI=1S/C16H21FN2S/c17-13-11-12(15(18)20)3-4-14(13)19-9-7-16(8-10-19)5-1-2-6-16/h3-4,11H,1-2,5-10H2,(H2,18,20). The fourth-order valence-corrected chi connectivity index (χ4v) is 3.89. The summed E-state index contributed by atoms with van der Waals surface area (Å²) in [7, 11) is 0. The fourth-order valence-electron chi connectivity index (χ4n) is 3.76. The number of nitrogens with zero attached hydrogens (tertiary/aromatic N) is 1. The third kappa shape index (κ3) is 2.53. The van der Waals surface area contributed by atoms with Crippen LogP contribution >= 0.6 is 12.2 Å². The second kappa shape index (κ2) is 5.32. The molecular weight excluding hydrogens is 271 g/mol. The Labute approximate surface area is 125 Å². The lowest BCUT2D eigenvalue weighted by atomic mass is 9.77. The molecule has 0 unspecified atom stereocenters. The molecule has 1 aliphatic carbocycles. The summed E-state index contributed by atoms with van der Waals surface area (Å²) < 4.78 is 14.2. The van der Waals surface area contributed by atoms with Gasteiger partial charge in [0.25, 0.3) is 0 Å². The van der Waals surface area contributed by atoms with E-state index >= 15 is 0 Å². The van der Waals surface area contributed by atoms with Gasteiger partial charge in [-0.1, -0.05) is 25.1 Å². The number of nitrogens with two attached hydrogens (primary N) is 1. The molecule has 0 bridgehead atoms. The molecule has 0 amide bonds. The zero-order chi connectivity index (χ0) is 14.2. The normalized spacial score (nSPS) is 21.4. The van der Waals surface area contributed by atoms with Crippen LogP contribution in [0.25, 0.3) is 0 Å². The SMILES string of the molecule is NC(=S)c1ccc(N2CCC3(CCCC3)CC2)c(F)c1. The molecule has 2 nitrogen and oxygen atoms in total. The summed E-state index contributed by atoms with van der Waals surface area (Å²) in [5, 5.41) is 0. The predicted octanol–water partition coefficient (Wildman–Crippen LogP) is 3.62. The van der Waals surface area contributed by atoms with Crippen LogP contribution in [0.15, 0.2) is 18.2 Å². The highest BCUT2D eigenvalue weighted by atomic mass is 32.1. The number of hydrogen-bond acceptors (Lipinski definition) is 2. The van der Waals surface area contributed by atoms with Crippen molar-refractivity contribution < 1.29 is 4.39 Å². The second-order valence-corrected chi connectivity index (χ2v) is 6.66. The molecule has 20 heavy (non-hydrogen) atoms. The first-order chi connectivity index (χ1) is 9.60. The van der Waals surface area contributed by atoms with Crippen LogP contribution in [0.2, 0.25) is 0 Å². The van der Waals surface area contributed by atoms with Gasteiger partial charge in [-0.25, -0.2) is 4.39 Å². The summed E-state index contributed by atoms with van der Waals surface area (Å²) in [5.74, 6) is -0.210. The van der Waals surface area contributed by atoms with Crippen LogP contribution in [-0.4, -0.2) is 18.1 Å². The van der Waals surface area contributed by atoms with Crippen molar-refractivity contribution in [1.82, 2.24) is 0 Å². The zero-order valence-electron chi connectivity index (χ0n) is 11.7. The minimum Gasteiger partial charge on any atom is -0.389 e. The van der Waals surface area contributed by atoms with Gasteiger partial charge in [-0.15, -0.1) is 0 Å². The minimum atomic E-state index is -0.210. The van der Waals surface area contributed by atoms with Crippen LogP contribution in [0, 0.1) is 11.2 Å². The first-order valence-electron chi connectivity index (χ1n) is 7.44. The van der Waals surface area contributed by atoms with Crippen molar-refractivity contribution in [3.8, 4) is 0 Å². The van der Waals surface area contributed by atoms with Gasteiger partial charge < -0.3 is 10.6 Å². The van der Waals surface area contributed by atoms with E-state index in [4.69, 9.17) is 18.0 Å². The average molecular weight is 292 g/mol. The lowest BCUT2D eigenvalue weighted by Crippen LogP contribution is -2.39. The Morgan fingerprint density at radius 2 is 1.80 bits per heavy atom. The topological polar surface area (TPSA) is 29.3 Å². The molecule has 1 aromatic rings. The number of halogens is 1. The number of anilines is 1. The summed E-state index contributed by atoms with van der Waals surface area (Å²) in [6, 6.07) is 5.09.